The molecule has 2 heterocycles. The summed E-state index contributed by atoms with van der Waals surface area (Å²) in [6.45, 7) is 4.13. The number of amides is 1. The van der Waals surface area contributed by atoms with Crippen LogP contribution in [-0.4, -0.2) is 63.5 Å². The lowest BCUT2D eigenvalue weighted by Crippen LogP contribution is -2.48. The van der Waals surface area contributed by atoms with Crippen molar-refractivity contribution in [1.29, 1.82) is 0 Å². The van der Waals surface area contributed by atoms with Gasteiger partial charge in [-0.05, 0) is 54.6 Å². The number of hydrogen-bond donors (Lipinski definition) is 2. The topological polar surface area (TPSA) is 94.6 Å². The number of carbonyl (C=O) groups excluding carboxylic acids is 1. The molecule has 12 heteroatoms. The number of benzene rings is 3. The van der Waals surface area contributed by atoms with E-state index in [1.165, 1.54) is 29.5 Å². The molecule has 3 aromatic carbocycles. The van der Waals surface area contributed by atoms with Gasteiger partial charge in [-0.3, -0.25) is 14.4 Å². The van der Waals surface area contributed by atoms with Gasteiger partial charge >= 0.3 is 0 Å². The number of sulfonamides is 1. The van der Waals surface area contributed by atoms with Gasteiger partial charge in [0.1, 0.15) is 11.6 Å². The molecule has 1 aromatic heterocycles. The number of piperazine rings is 1. The Kier molecular flexibility index (Phi) is 7.54. The summed E-state index contributed by atoms with van der Waals surface area (Å²) in [5, 5.41) is 3.73. The van der Waals surface area contributed by atoms with Gasteiger partial charge in [0.15, 0.2) is 5.13 Å². The molecule has 5 rings (SSSR count). The normalized spacial score (nSPS) is 14.5. The van der Waals surface area contributed by atoms with Crippen LogP contribution in [0, 0.1) is 11.6 Å². The number of nitrogens with zero attached hydrogens (tertiary/aromatic N) is 3. The molecule has 0 atom stereocenters. The first kappa shape index (κ1) is 26.0. The van der Waals surface area contributed by atoms with E-state index in [1.807, 2.05) is 0 Å². The standard InChI is InChI=1S/C26H25F2N5O3S2/c27-18-5-8-20(9-6-18)38(35,36)31-22-4-2-1-3-21(22)25(34)29-11-12-32-13-15-33(16-14-32)26-30-23-10-7-19(28)17-24(23)37-26/h1-10,17,31H,11-16H2,(H,29,34). The Morgan fingerprint density at radius 3 is 2.42 bits per heavy atom. The number of halogens is 2. The first-order valence-electron chi connectivity index (χ1n) is 12.0. The lowest BCUT2D eigenvalue weighted by Gasteiger charge is -2.34. The minimum absolute atomic E-state index is 0.105. The van der Waals surface area contributed by atoms with Gasteiger partial charge < -0.3 is 10.2 Å². The molecule has 4 aromatic rings. The van der Waals surface area contributed by atoms with Crippen LogP contribution in [0.5, 0.6) is 0 Å². The molecule has 0 unspecified atom stereocenters. The number of rotatable bonds is 8. The molecule has 1 amide bonds. The summed E-state index contributed by atoms with van der Waals surface area (Å²) in [6, 6.07) is 15.4. The number of nitrogens with one attached hydrogen (secondary N) is 2. The van der Waals surface area contributed by atoms with Gasteiger partial charge in [0.25, 0.3) is 15.9 Å². The van der Waals surface area contributed by atoms with Crippen LogP contribution in [0.4, 0.5) is 19.6 Å². The first-order chi connectivity index (χ1) is 18.3. The van der Waals surface area contributed by atoms with Crippen molar-refractivity contribution in [3.05, 3.63) is 83.9 Å². The summed E-state index contributed by atoms with van der Waals surface area (Å²) in [5.41, 5.74) is 1.12. The van der Waals surface area contributed by atoms with E-state index in [9.17, 15) is 22.0 Å². The zero-order valence-electron chi connectivity index (χ0n) is 20.2. The van der Waals surface area contributed by atoms with Crippen molar-refractivity contribution in [2.75, 3.05) is 48.9 Å². The van der Waals surface area contributed by atoms with Gasteiger partial charge in [0.05, 0.1) is 26.4 Å². The number of carbonyl (C=O) groups is 1. The Hall–Kier alpha value is -3.61. The molecule has 1 fully saturated rings. The predicted octanol–water partition coefficient (Wildman–Crippen LogP) is 3.93. The highest BCUT2D eigenvalue weighted by atomic mass is 32.2. The fourth-order valence-corrected chi connectivity index (χ4v) is 6.32. The molecule has 1 saturated heterocycles. The summed E-state index contributed by atoms with van der Waals surface area (Å²) in [5.74, 6) is -1.21. The summed E-state index contributed by atoms with van der Waals surface area (Å²) in [7, 11) is -4.00. The third-order valence-electron chi connectivity index (χ3n) is 6.24. The van der Waals surface area contributed by atoms with Crippen molar-refractivity contribution in [3.63, 3.8) is 0 Å². The van der Waals surface area contributed by atoms with Gasteiger partial charge in [-0.1, -0.05) is 23.5 Å². The Labute approximate surface area is 223 Å². The van der Waals surface area contributed by atoms with E-state index in [0.29, 0.717) is 13.1 Å². The maximum absolute atomic E-state index is 13.5. The highest BCUT2D eigenvalue weighted by Crippen LogP contribution is 2.30. The molecule has 1 aliphatic rings. The molecule has 8 nitrogen and oxygen atoms in total. The second kappa shape index (κ2) is 11.0. The molecule has 198 valence electrons. The maximum Gasteiger partial charge on any atom is 0.261 e. The average Bonchev–Trinajstić information content (AvgIpc) is 3.32. The summed E-state index contributed by atoms with van der Waals surface area (Å²) >= 11 is 1.48. The predicted molar refractivity (Wildman–Crippen MR) is 144 cm³/mol. The number of para-hydroxylation sites is 1. The fraction of sp³-hybridized carbons (Fsp3) is 0.231. The van der Waals surface area contributed by atoms with E-state index in [0.717, 1.165) is 65.8 Å². The van der Waals surface area contributed by atoms with E-state index in [-0.39, 0.29) is 22.0 Å². The SMILES string of the molecule is O=C(NCCN1CCN(c2nc3ccc(F)cc3s2)CC1)c1ccccc1NS(=O)(=O)c1ccc(F)cc1. The molecule has 2 N–H and O–H groups in total. The van der Waals surface area contributed by atoms with Crippen molar-refractivity contribution >= 4 is 48.3 Å². The first-order valence-corrected chi connectivity index (χ1v) is 14.3. The van der Waals surface area contributed by atoms with Crippen molar-refractivity contribution in [1.82, 2.24) is 15.2 Å². The second-order valence-corrected chi connectivity index (χ2v) is 11.5. The lowest BCUT2D eigenvalue weighted by molar-refractivity contribution is 0.0948. The largest absolute Gasteiger partial charge is 0.351 e. The smallest absolute Gasteiger partial charge is 0.261 e. The zero-order chi connectivity index (χ0) is 26.7. The van der Waals surface area contributed by atoms with E-state index in [1.54, 1.807) is 24.3 Å². The summed E-state index contributed by atoms with van der Waals surface area (Å²) < 4.78 is 55.3. The third-order valence-corrected chi connectivity index (χ3v) is 8.70. The summed E-state index contributed by atoms with van der Waals surface area (Å²) in [4.78, 5) is 21.8. The van der Waals surface area contributed by atoms with Crippen LogP contribution >= 0.6 is 11.3 Å². The number of aromatic nitrogens is 1. The minimum Gasteiger partial charge on any atom is -0.351 e. The molecule has 0 spiro atoms. The van der Waals surface area contributed by atoms with E-state index in [2.05, 4.69) is 24.8 Å². The average molecular weight is 558 g/mol. The molecule has 0 bridgehead atoms. The van der Waals surface area contributed by atoms with Crippen molar-refractivity contribution in [2.45, 2.75) is 4.90 Å². The van der Waals surface area contributed by atoms with Gasteiger partial charge in [-0.15, -0.1) is 0 Å². The minimum atomic E-state index is -4.00. The van der Waals surface area contributed by atoms with Gasteiger partial charge in [-0.25, -0.2) is 22.2 Å². The van der Waals surface area contributed by atoms with E-state index >= 15 is 0 Å². The molecule has 0 radical (unpaired) electrons. The quantitative estimate of drug-likeness (QED) is 0.341. The highest BCUT2D eigenvalue weighted by molar-refractivity contribution is 7.92. The van der Waals surface area contributed by atoms with Crippen molar-refractivity contribution in [2.24, 2.45) is 0 Å². The Morgan fingerprint density at radius 2 is 1.66 bits per heavy atom. The Balaban J connectivity index is 1.14. The molecule has 0 saturated carbocycles. The van der Waals surface area contributed by atoms with Crippen LogP contribution in [0.15, 0.2) is 71.6 Å². The van der Waals surface area contributed by atoms with Gasteiger partial charge in [0.2, 0.25) is 0 Å². The number of hydrogen-bond acceptors (Lipinski definition) is 7. The lowest BCUT2D eigenvalue weighted by atomic mass is 10.1. The second-order valence-electron chi connectivity index (χ2n) is 8.80. The van der Waals surface area contributed by atoms with Crippen molar-refractivity contribution < 1.29 is 22.0 Å². The van der Waals surface area contributed by atoms with Gasteiger partial charge in [0, 0.05) is 39.3 Å². The van der Waals surface area contributed by atoms with Crippen LogP contribution < -0.4 is 14.9 Å². The Morgan fingerprint density at radius 1 is 0.947 bits per heavy atom. The number of fused-ring (bicyclic) bond motifs is 1. The third kappa shape index (κ3) is 5.93. The van der Waals surface area contributed by atoms with Crippen LogP contribution in [-0.2, 0) is 10.0 Å². The molecule has 38 heavy (non-hydrogen) atoms. The van der Waals surface area contributed by atoms with Crippen LogP contribution in [0.2, 0.25) is 0 Å². The van der Waals surface area contributed by atoms with Crippen molar-refractivity contribution in [3.8, 4) is 0 Å². The molecule has 0 aliphatic carbocycles. The maximum atomic E-state index is 13.5. The monoisotopic (exact) mass is 557 g/mol. The molecular formula is C26H25F2N5O3S2. The zero-order valence-corrected chi connectivity index (χ0v) is 21.9. The molecular weight excluding hydrogens is 532 g/mol. The Bertz CT molecular complexity index is 1550. The fourth-order valence-electron chi connectivity index (χ4n) is 4.19. The summed E-state index contributed by atoms with van der Waals surface area (Å²) in [6.07, 6.45) is 0. The van der Waals surface area contributed by atoms with Gasteiger partial charge in [-0.2, -0.15) is 0 Å². The number of anilines is 2. The van der Waals surface area contributed by atoms with E-state index in [4.69, 9.17) is 0 Å². The van der Waals surface area contributed by atoms with Crippen LogP contribution in [0.25, 0.3) is 10.2 Å². The number of thiazole rings is 1. The van der Waals surface area contributed by atoms with Crippen LogP contribution in [0.1, 0.15) is 10.4 Å². The molecule has 1 aliphatic heterocycles. The van der Waals surface area contributed by atoms with Crippen LogP contribution in [0.3, 0.4) is 0 Å². The van der Waals surface area contributed by atoms with E-state index < -0.39 is 21.7 Å². The highest BCUT2D eigenvalue weighted by Gasteiger charge is 2.21.